The molecule has 124 valence electrons. The molecule has 1 aliphatic rings. The first-order valence-electron chi connectivity index (χ1n) is 8.22. The topological polar surface area (TPSA) is 52.3 Å². The van der Waals surface area contributed by atoms with Crippen LogP contribution in [0, 0.1) is 13.8 Å². The Bertz CT molecular complexity index is 683. The minimum absolute atomic E-state index is 0.442. The van der Waals surface area contributed by atoms with Gasteiger partial charge in [0.15, 0.2) is 6.61 Å². The summed E-state index contributed by atoms with van der Waals surface area (Å²) in [4.78, 5) is 10.2. The molecule has 1 fully saturated rings. The van der Waals surface area contributed by atoms with Gasteiger partial charge in [-0.05, 0) is 39.7 Å². The predicted molar refractivity (Wildman–Crippen MR) is 92.9 cm³/mol. The second kappa shape index (κ2) is 7.25. The van der Waals surface area contributed by atoms with Gasteiger partial charge in [-0.2, -0.15) is 5.10 Å². The van der Waals surface area contributed by atoms with Crippen LogP contribution in [0.2, 0.25) is 0 Å². The second-order valence-electron chi connectivity index (χ2n) is 6.34. The maximum absolute atomic E-state index is 5.47. The highest BCUT2D eigenvalue weighted by molar-refractivity contribution is 7.09. The molecule has 0 radical (unpaired) electrons. The van der Waals surface area contributed by atoms with Crippen molar-refractivity contribution >= 4 is 17.0 Å². The van der Waals surface area contributed by atoms with Crippen LogP contribution in [0.25, 0.3) is 0 Å². The summed E-state index contributed by atoms with van der Waals surface area (Å²) in [5.41, 5.74) is 4.05. The van der Waals surface area contributed by atoms with E-state index in [0.717, 1.165) is 22.8 Å². The van der Waals surface area contributed by atoms with Crippen LogP contribution in [-0.4, -0.2) is 20.5 Å². The van der Waals surface area contributed by atoms with Crippen LogP contribution in [0.15, 0.2) is 16.6 Å². The Morgan fingerprint density at radius 1 is 1.39 bits per heavy atom. The summed E-state index contributed by atoms with van der Waals surface area (Å²) in [7, 11) is 0. The molecule has 3 rings (SSSR count). The van der Waals surface area contributed by atoms with E-state index >= 15 is 0 Å². The van der Waals surface area contributed by atoms with Crippen LogP contribution in [0.3, 0.4) is 0 Å². The summed E-state index contributed by atoms with van der Waals surface area (Å²) in [5.74, 6) is 0.671. The minimum Gasteiger partial charge on any atom is -0.389 e. The molecule has 0 unspecified atom stereocenters. The molecule has 6 heteroatoms. The van der Waals surface area contributed by atoms with Crippen molar-refractivity contribution in [1.82, 2.24) is 14.8 Å². The van der Waals surface area contributed by atoms with Gasteiger partial charge in [-0.1, -0.05) is 18.0 Å². The first kappa shape index (κ1) is 16.2. The van der Waals surface area contributed by atoms with Gasteiger partial charge in [0.25, 0.3) is 0 Å². The molecule has 2 aromatic rings. The third-order valence-corrected chi connectivity index (χ3v) is 5.24. The Morgan fingerprint density at radius 2 is 2.17 bits per heavy atom. The average Bonchev–Trinajstić information content (AvgIpc) is 3.21. The molecule has 1 saturated carbocycles. The maximum atomic E-state index is 5.47. The van der Waals surface area contributed by atoms with Crippen LogP contribution in [-0.2, 0) is 18.0 Å². The Morgan fingerprint density at radius 3 is 2.87 bits per heavy atom. The molecule has 0 aromatic carbocycles. The molecule has 0 saturated heterocycles. The molecule has 23 heavy (non-hydrogen) atoms. The third-order valence-electron chi connectivity index (χ3n) is 4.19. The third kappa shape index (κ3) is 4.19. The minimum atomic E-state index is 0.442. The Labute approximate surface area is 141 Å². The van der Waals surface area contributed by atoms with Crippen molar-refractivity contribution in [2.24, 2.45) is 5.16 Å². The van der Waals surface area contributed by atoms with E-state index in [4.69, 9.17) is 9.82 Å². The molecule has 0 bridgehead atoms. The van der Waals surface area contributed by atoms with E-state index in [-0.39, 0.29) is 0 Å². The summed E-state index contributed by atoms with van der Waals surface area (Å²) < 4.78 is 1.94. The highest BCUT2D eigenvalue weighted by atomic mass is 32.1. The normalized spacial score (nSPS) is 16.2. The zero-order valence-corrected chi connectivity index (χ0v) is 14.9. The van der Waals surface area contributed by atoms with E-state index in [1.807, 2.05) is 25.5 Å². The Kier molecular flexibility index (Phi) is 5.10. The van der Waals surface area contributed by atoms with Crippen molar-refractivity contribution in [3.63, 3.8) is 0 Å². The second-order valence-corrected chi connectivity index (χ2v) is 7.23. The van der Waals surface area contributed by atoms with Gasteiger partial charge in [0, 0.05) is 17.0 Å². The lowest BCUT2D eigenvalue weighted by Crippen LogP contribution is -2.10. The molecule has 5 nitrogen and oxygen atoms in total. The fourth-order valence-electron chi connectivity index (χ4n) is 3.04. The van der Waals surface area contributed by atoms with Gasteiger partial charge in [0.2, 0.25) is 0 Å². The lowest BCUT2D eigenvalue weighted by Gasteiger charge is -2.04. The zero-order chi connectivity index (χ0) is 16.2. The number of oxime groups is 1. The SMILES string of the molecule is CC(Cn1nc(C)cc1C)=NOCc1csc(C2CCCC2)n1. The first-order valence-corrected chi connectivity index (χ1v) is 9.10. The number of hydrogen-bond acceptors (Lipinski definition) is 5. The standard InChI is InChI=1S/C17H24N4OS/c1-12-8-14(3)21(19-12)9-13(2)20-22-10-16-11-23-17(18-16)15-6-4-5-7-15/h8,11,15H,4-7,9-10H2,1-3H3. The van der Waals surface area contributed by atoms with Gasteiger partial charge >= 0.3 is 0 Å². The monoisotopic (exact) mass is 332 g/mol. The molecular formula is C17H24N4OS. The Balaban J connectivity index is 1.50. The van der Waals surface area contributed by atoms with Crippen molar-refractivity contribution in [2.45, 2.75) is 65.5 Å². The van der Waals surface area contributed by atoms with E-state index < -0.39 is 0 Å². The van der Waals surface area contributed by atoms with Gasteiger partial charge in [0.05, 0.1) is 28.7 Å². The maximum Gasteiger partial charge on any atom is 0.159 e. The number of aromatic nitrogens is 3. The van der Waals surface area contributed by atoms with Crippen molar-refractivity contribution in [2.75, 3.05) is 0 Å². The predicted octanol–water partition coefficient (Wildman–Crippen LogP) is 4.21. The first-order chi connectivity index (χ1) is 11.1. The summed E-state index contributed by atoms with van der Waals surface area (Å²) in [6.07, 6.45) is 5.25. The lowest BCUT2D eigenvalue weighted by atomic mass is 10.1. The molecule has 0 spiro atoms. The smallest absolute Gasteiger partial charge is 0.159 e. The van der Waals surface area contributed by atoms with Crippen LogP contribution < -0.4 is 0 Å². The summed E-state index contributed by atoms with van der Waals surface area (Å²) in [6, 6.07) is 2.06. The van der Waals surface area contributed by atoms with E-state index in [0.29, 0.717) is 19.1 Å². The van der Waals surface area contributed by atoms with Gasteiger partial charge in [0.1, 0.15) is 0 Å². The van der Waals surface area contributed by atoms with Gasteiger partial charge in [-0.25, -0.2) is 4.98 Å². The molecule has 2 heterocycles. The van der Waals surface area contributed by atoms with Gasteiger partial charge < -0.3 is 4.84 Å². The molecule has 0 N–H and O–H groups in total. The molecular weight excluding hydrogens is 308 g/mol. The fraction of sp³-hybridized carbons (Fsp3) is 0.588. The average molecular weight is 332 g/mol. The number of nitrogens with zero attached hydrogens (tertiary/aromatic N) is 4. The lowest BCUT2D eigenvalue weighted by molar-refractivity contribution is 0.127. The van der Waals surface area contributed by atoms with Crippen LogP contribution >= 0.6 is 11.3 Å². The van der Waals surface area contributed by atoms with Crippen LogP contribution in [0.1, 0.15) is 60.6 Å². The fourth-order valence-corrected chi connectivity index (χ4v) is 4.01. The summed E-state index contributed by atoms with van der Waals surface area (Å²) in [6.45, 7) is 7.10. The van der Waals surface area contributed by atoms with E-state index in [1.54, 1.807) is 11.3 Å². The largest absolute Gasteiger partial charge is 0.389 e. The van der Waals surface area contributed by atoms with Crippen molar-refractivity contribution in [3.8, 4) is 0 Å². The van der Waals surface area contributed by atoms with Gasteiger partial charge in [-0.3, -0.25) is 4.68 Å². The quantitative estimate of drug-likeness (QED) is 0.588. The molecule has 0 aliphatic heterocycles. The number of aryl methyl sites for hydroxylation is 2. The molecule has 2 aromatic heterocycles. The summed E-state index contributed by atoms with van der Waals surface area (Å²) >= 11 is 1.76. The van der Waals surface area contributed by atoms with Crippen molar-refractivity contribution < 1.29 is 4.84 Å². The number of thiazole rings is 1. The number of hydrogen-bond donors (Lipinski definition) is 0. The molecule has 1 aliphatic carbocycles. The van der Waals surface area contributed by atoms with E-state index in [2.05, 4.69) is 21.7 Å². The Hall–Kier alpha value is -1.69. The molecule has 0 amide bonds. The number of rotatable bonds is 6. The molecule has 0 atom stereocenters. The van der Waals surface area contributed by atoms with Crippen molar-refractivity contribution in [1.29, 1.82) is 0 Å². The van der Waals surface area contributed by atoms with E-state index in [9.17, 15) is 0 Å². The highest BCUT2D eigenvalue weighted by Gasteiger charge is 2.20. The van der Waals surface area contributed by atoms with Crippen LogP contribution in [0.4, 0.5) is 0 Å². The zero-order valence-electron chi connectivity index (χ0n) is 14.1. The highest BCUT2D eigenvalue weighted by Crippen LogP contribution is 2.35. The van der Waals surface area contributed by atoms with Crippen LogP contribution in [0.5, 0.6) is 0 Å². The van der Waals surface area contributed by atoms with E-state index in [1.165, 1.54) is 30.7 Å². The van der Waals surface area contributed by atoms with Gasteiger partial charge in [-0.15, -0.1) is 11.3 Å². The van der Waals surface area contributed by atoms with Crippen molar-refractivity contribution in [3.05, 3.63) is 33.5 Å². The summed E-state index contributed by atoms with van der Waals surface area (Å²) in [5, 5.41) is 12.0.